The van der Waals surface area contributed by atoms with Crippen molar-refractivity contribution in [2.75, 3.05) is 5.75 Å². The Kier molecular flexibility index (Phi) is 6.33. The highest BCUT2D eigenvalue weighted by Gasteiger charge is 1.77. The smallest absolute Gasteiger partial charge is 0.0379 e. The van der Waals surface area contributed by atoms with Gasteiger partial charge in [-0.1, -0.05) is 36.5 Å². The third kappa shape index (κ3) is 5.66. The first-order valence-electron chi connectivity index (χ1n) is 3.03. The lowest BCUT2D eigenvalue weighted by molar-refractivity contribution is 0.666. The van der Waals surface area contributed by atoms with Crippen LogP contribution in [0.25, 0.3) is 0 Å². The van der Waals surface area contributed by atoms with Crippen LogP contribution in [0.4, 0.5) is 0 Å². The van der Waals surface area contributed by atoms with Gasteiger partial charge in [-0.05, 0) is 19.0 Å². The fraction of sp³-hybridized carbons (Fsp3) is 0.250. The first-order valence-corrected chi connectivity index (χ1v) is 3.97. The van der Waals surface area contributed by atoms with Gasteiger partial charge in [0.1, 0.15) is 0 Å². The van der Waals surface area contributed by atoms with Crippen LogP contribution < -0.4 is 0 Å². The van der Waals surface area contributed by atoms with Crippen molar-refractivity contribution in [1.29, 1.82) is 0 Å². The Morgan fingerprint density at radius 3 is 2.90 bits per heavy atom. The van der Waals surface area contributed by atoms with Gasteiger partial charge in [0.25, 0.3) is 0 Å². The molecule has 0 saturated carbocycles. The molecule has 0 amide bonds. The predicted molar refractivity (Wildman–Crippen MR) is 48.2 cm³/mol. The minimum atomic E-state index is 0.641. The second-order valence-corrected chi connectivity index (χ2v) is 2.44. The Morgan fingerprint density at radius 1 is 1.70 bits per heavy atom. The van der Waals surface area contributed by atoms with Crippen LogP contribution in [0.1, 0.15) is 6.92 Å². The summed E-state index contributed by atoms with van der Waals surface area (Å²) < 4.78 is 8.33. The summed E-state index contributed by atoms with van der Waals surface area (Å²) >= 11 is 0.822. The largest absolute Gasteiger partial charge is 0.330 e. The highest BCUT2D eigenvalue weighted by atomic mass is 32.2. The zero-order valence-electron chi connectivity index (χ0n) is 6.08. The molecule has 0 aliphatic rings. The summed E-state index contributed by atoms with van der Waals surface area (Å²) in [5, 5.41) is 0. The summed E-state index contributed by atoms with van der Waals surface area (Å²) in [7, 11) is 0. The molecule has 0 aromatic rings. The molecule has 0 aromatic heterocycles. The van der Waals surface area contributed by atoms with Crippen molar-refractivity contribution in [2.45, 2.75) is 6.92 Å². The molecule has 0 aliphatic heterocycles. The summed E-state index contributed by atoms with van der Waals surface area (Å²) in [6, 6.07) is 0. The van der Waals surface area contributed by atoms with Crippen LogP contribution >= 0.6 is 12.0 Å². The van der Waals surface area contributed by atoms with Crippen molar-refractivity contribution < 1.29 is 4.55 Å². The van der Waals surface area contributed by atoms with Gasteiger partial charge in [-0.2, -0.15) is 0 Å². The molecule has 0 aliphatic carbocycles. The number of allylic oxidation sites excluding steroid dienone is 4. The standard InChI is InChI=1S/C8H12OS/c1-3-5-8(2)6-4-7-10-9/h3-6,9H,1,7H2,2H3/b6-4-,8-5-. The summed E-state index contributed by atoms with van der Waals surface area (Å²) in [5.74, 6) is 0.641. The van der Waals surface area contributed by atoms with E-state index < -0.39 is 0 Å². The first-order chi connectivity index (χ1) is 4.81. The van der Waals surface area contributed by atoms with Crippen LogP contribution in [0, 0.1) is 0 Å². The second-order valence-electron chi connectivity index (χ2n) is 1.84. The maximum atomic E-state index is 8.33. The van der Waals surface area contributed by atoms with Gasteiger partial charge < -0.3 is 4.55 Å². The quantitative estimate of drug-likeness (QED) is 0.499. The van der Waals surface area contributed by atoms with Gasteiger partial charge in [0.05, 0.1) is 0 Å². The normalized spacial score (nSPS) is 12.4. The molecule has 0 saturated heterocycles. The van der Waals surface area contributed by atoms with Crippen LogP contribution in [0.15, 0.2) is 36.5 Å². The molecule has 56 valence electrons. The van der Waals surface area contributed by atoms with Gasteiger partial charge in [0.2, 0.25) is 0 Å². The van der Waals surface area contributed by atoms with E-state index in [1.165, 1.54) is 0 Å². The third-order valence-electron chi connectivity index (χ3n) is 0.932. The van der Waals surface area contributed by atoms with E-state index in [4.69, 9.17) is 4.55 Å². The van der Waals surface area contributed by atoms with Crippen molar-refractivity contribution in [3.05, 3.63) is 36.5 Å². The Morgan fingerprint density at radius 2 is 2.40 bits per heavy atom. The van der Waals surface area contributed by atoms with E-state index in [9.17, 15) is 0 Å². The van der Waals surface area contributed by atoms with Crippen molar-refractivity contribution in [1.82, 2.24) is 0 Å². The van der Waals surface area contributed by atoms with Gasteiger partial charge in [-0.25, -0.2) is 0 Å². The SMILES string of the molecule is C=C/C=C(C)\C=C/CSO. The average molecular weight is 156 g/mol. The summed E-state index contributed by atoms with van der Waals surface area (Å²) in [4.78, 5) is 0. The van der Waals surface area contributed by atoms with Crippen molar-refractivity contribution in [2.24, 2.45) is 0 Å². The molecule has 0 aromatic carbocycles. The molecule has 10 heavy (non-hydrogen) atoms. The van der Waals surface area contributed by atoms with Crippen LogP contribution in [0.5, 0.6) is 0 Å². The minimum Gasteiger partial charge on any atom is -0.330 e. The van der Waals surface area contributed by atoms with E-state index in [0.717, 1.165) is 17.6 Å². The van der Waals surface area contributed by atoms with Crippen LogP contribution in [0.3, 0.4) is 0 Å². The molecule has 0 atom stereocenters. The predicted octanol–water partition coefficient (Wildman–Crippen LogP) is 2.88. The van der Waals surface area contributed by atoms with Crippen LogP contribution in [-0.2, 0) is 0 Å². The Labute approximate surface area is 66.4 Å². The van der Waals surface area contributed by atoms with E-state index >= 15 is 0 Å². The molecule has 0 heterocycles. The number of rotatable bonds is 4. The fourth-order valence-electron chi connectivity index (χ4n) is 0.518. The molecule has 0 fully saturated rings. The molecule has 0 spiro atoms. The molecular weight excluding hydrogens is 144 g/mol. The summed E-state index contributed by atoms with van der Waals surface area (Å²) in [5.41, 5.74) is 1.14. The average Bonchev–Trinajstić information content (AvgIpc) is 1.89. The molecule has 2 heteroatoms. The number of hydrogen-bond acceptors (Lipinski definition) is 2. The van der Waals surface area contributed by atoms with Crippen molar-refractivity contribution >= 4 is 12.0 Å². The van der Waals surface area contributed by atoms with E-state index in [0.29, 0.717) is 5.75 Å². The lowest BCUT2D eigenvalue weighted by Crippen LogP contribution is -1.69. The van der Waals surface area contributed by atoms with Crippen molar-refractivity contribution in [3.8, 4) is 0 Å². The topological polar surface area (TPSA) is 20.2 Å². The molecule has 0 unspecified atom stereocenters. The van der Waals surface area contributed by atoms with Crippen LogP contribution in [0.2, 0.25) is 0 Å². The molecule has 0 rings (SSSR count). The molecule has 1 nitrogen and oxygen atoms in total. The van der Waals surface area contributed by atoms with Gasteiger partial charge in [0, 0.05) is 5.75 Å². The zero-order valence-corrected chi connectivity index (χ0v) is 6.90. The lowest BCUT2D eigenvalue weighted by atomic mass is 10.2. The highest BCUT2D eigenvalue weighted by Crippen LogP contribution is 1.97. The monoisotopic (exact) mass is 156 g/mol. The number of hydrogen-bond donors (Lipinski definition) is 1. The van der Waals surface area contributed by atoms with E-state index in [1.807, 2.05) is 25.2 Å². The van der Waals surface area contributed by atoms with E-state index in [2.05, 4.69) is 6.58 Å². The molecule has 0 radical (unpaired) electrons. The Balaban J connectivity index is 3.65. The molecular formula is C8H12OS. The van der Waals surface area contributed by atoms with Gasteiger partial charge in [-0.3, -0.25) is 0 Å². The fourth-order valence-corrected chi connectivity index (χ4v) is 0.701. The van der Waals surface area contributed by atoms with E-state index in [1.54, 1.807) is 6.08 Å². The Hall–Kier alpha value is -0.470. The third-order valence-corrected chi connectivity index (χ3v) is 1.27. The Bertz CT molecular complexity index is 147. The van der Waals surface area contributed by atoms with Crippen molar-refractivity contribution in [3.63, 3.8) is 0 Å². The maximum Gasteiger partial charge on any atom is 0.0379 e. The first kappa shape index (κ1) is 9.53. The zero-order chi connectivity index (χ0) is 7.82. The lowest BCUT2D eigenvalue weighted by Gasteiger charge is -1.86. The van der Waals surface area contributed by atoms with E-state index in [-0.39, 0.29) is 0 Å². The molecule has 0 bridgehead atoms. The van der Waals surface area contributed by atoms with Gasteiger partial charge in [-0.15, -0.1) is 0 Å². The van der Waals surface area contributed by atoms with Gasteiger partial charge >= 0.3 is 0 Å². The summed E-state index contributed by atoms with van der Waals surface area (Å²) in [6.45, 7) is 5.55. The van der Waals surface area contributed by atoms with Gasteiger partial charge in [0.15, 0.2) is 0 Å². The summed E-state index contributed by atoms with van der Waals surface area (Å²) in [6.07, 6.45) is 7.51. The van der Waals surface area contributed by atoms with Crippen LogP contribution in [-0.4, -0.2) is 10.3 Å². The minimum absolute atomic E-state index is 0.641. The molecule has 1 N–H and O–H groups in total. The maximum absolute atomic E-state index is 8.33. The highest BCUT2D eigenvalue weighted by molar-refractivity contribution is 7.93. The second kappa shape index (κ2) is 6.65.